The van der Waals surface area contributed by atoms with Crippen LogP contribution in [0.3, 0.4) is 0 Å². The maximum atomic E-state index is 5.22. The zero-order valence-electron chi connectivity index (χ0n) is 9.13. The molecule has 1 N–H and O–H groups in total. The fourth-order valence-corrected chi connectivity index (χ4v) is 1.29. The fourth-order valence-electron chi connectivity index (χ4n) is 1.29. The molecule has 0 fully saturated rings. The van der Waals surface area contributed by atoms with Gasteiger partial charge in [-0.15, -0.1) is 0 Å². The third-order valence-electron chi connectivity index (χ3n) is 2.34. The summed E-state index contributed by atoms with van der Waals surface area (Å²) in [6.07, 6.45) is 0. The van der Waals surface area contributed by atoms with Crippen molar-refractivity contribution in [3.8, 4) is 11.5 Å². The minimum atomic E-state index is 0. The van der Waals surface area contributed by atoms with Crippen LogP contribution in [0, 0.1) is 0 Å². The fraction of sp³-hybridized carbons (Fsp3) is 0.455. The quantitative estimate of drug-likeness (QED) is 0.803. The van der Waals surface area contributed by atoms with Gasteiger partial charge in [-0.3, -0.25) is 0 Å². The molecule has 1 atom stereocenters. The van der Waals surface area contributed by atoms with Gasteiger partial charge in [0.1, 0.15) is 0 Å². The number of methoxy groups -OCH3 is 2. The predicted octanol–water partition coefficient (Wildman–Crippen LogP) is 2.23. The maximum absolute atomic E-state index is 5.22. The largest absolute Gasteiger partial charge is 0.493 e. The lowest BCUT2D eigenvalue weighted by Crippen LogP contribution is -2.12. The van der Waals surface area contributed by atoms with Gasteiger partial charge in [0.05, 0.1) is 14.2 Å². The van der Waals surface area contributed by atoms with Crippen LogP contribution in [0.5, 0.6) is 11.5 Å². The second-order valence-corrected chi connectivity index (χ2v) is 3.12. The molecule has 1 rings (SSSR count). The van der Waals surface area contributed by atoms with Crippen molar-refractivity contribution in [3.63, 3.8) is 0 Å². The van der Waals surface area contributed by atoms with Crippen molar-refractivity contribution >= 4 is 0 Å². The molecule has 0 spiro atoms. The molecule has 0 bridgehead atoms. The van der Waals surface area contributed by atoms with Crippen LogP contribution in [-0.2, 0) is 0 Å². The normalized spacial score (nSPS) is 12.3. The van der Waals surface area contributed by atoms with E-state index < -0.39 is 0 Å². The van der Waals surface area contributed by atoms with Crippen molar-refractivity contribution in [3.05, 3.63) is 23.8 Å². The Balaban J connectivity index is 0.00000196. The van der Waals surface area contributed by atoms with E-state index >= 15 is 0 Å². The summed E-state index contributed by atoms with van der Waals surface area (Å²) in [4.78, 5) is 0. The molecule has 0 saturated heterocycles. The molecule has 1 aromatic rings. The van der Waals surface area contributed by atoms with Crippen LogP contribution < -0.4 is 14.8 Å². The molecular weight excluding hydrogens is 178 g/mol. The molecule has 1 aromatic carbocycles. The molecule has 0 saturated carbocycles. The Bertz CT molecular complexity index is 305. The molecule has 0 aromatic heterocycles. The lowest BCUT2D eigenvalue weighted by atomic mass is 10.1. The Morgan fingerprint density at radius 2 is 1.86 bits per heavy atom. The molecule has 1 unspecified atom stereocenters. The van der Waals surface area contributed by atoms with Crippen LogP contribution in [-0.4, -0.2) is 21.3 Å². The Kier molecular flexibility index (Phi) is 3.77. The lowest BCUT2D eigenvalue weighted by Gasteiger charge is -2.13. The molecule has 0 aliphatic rings. The Labute approximate surface area is 86.5 Å². The summed E-state index contributed by atoms with van der Waals surface area (Å²) in [6, 6.07) is 6.25. The number of hydrogen-bond donors (Lipinski definition) is 1. The van der Waals surface area contributed by atoms with Gasteiger partial charge >= 0.3 is 0 Å². The van der Waals surface area contributed by atoms with E-state index in [4.69, 9.17) is 9.47 Å². The Morgan fingerprint density at radius 3 is 2.36 bits per heavy atom. The Morgan fingerprint density at radius 1 is 1.21 bits per heavy atom. The highest BCUT2D eigenvalue weighted by molar-refractivity contribution is 5.43. The average molecular weight is 197 g/mol. The summed E-state index contributed by atoms with van der Waals surface area (Å²) in [6.45, 7) is 2.10. The maximum Gasteiger partial charge on any atom is 0.161 e. The summed E-state index contributed by atoms with van der Waals surface area (Å²) >= 11 is 0. The highest BCUT2D eigenvalue weighted by Crippen LogP contribution is 2.29. The van der Waals surface area contributed by atoms with E-state index in [1.165, 1.54) is 5.56 Å². The van der Waals surface area contributed by atoms with Gasteiger partial charge in [0.15, 0.2) is 11.5 Å². The summed E-state index contributed by atoms with van der Waals surface area (Å²) in [7, 11) is 5.21. The third-order valence-corrected chi connectivity index (χ3v) is 2.34. The highest BCUT2D eigenvalue weighted by Gasteiger charge is 2.07. The van der Waals surface area contributed by atoms with Crippen LogP contribution in [0.25, 0.3) is 0 Å². The topological polar surface area (TPSA) is 30.5 Å². The van der Waals surface area contributed by atoms with Gasteiger partial charge in [-0.25, -0.2) is 0 Å². The van der Waals surface area contributed by atoms with E-state index in [0.717, 1.165) is 11.5 Å². The van der Waals surface area contributed by atoms with Crippen molar-refractivity contribution in [1.82, 2.24) is 5.32 Å². The minimum absolute atomic E-state index is 0. The number of benzene rings is 1. The molecule has 0 aliphatic heterocycles. The first-order chi connectivity index (χ1) is 6.72. The van der Waals surface area contributed by atoms with Crippen molar-refractivity contribution in [2.24, 2.45) is 0 Å². The second kappa shape index (κ2) is 4.86. The zero-order chi connectivity index (χ0) is 10.6. The van der Waals surface area contributed by atoms with E-state index in [0.29, 0.717) is 6.04 Å². The van der Waals surface area contributed by atoms with E-state index in [1.54, 1.807) is 14.2 Å². The highest BCUT2D eigenvalue weighted by atomic mass is 16.5. The van der Waals surface area contributed by atoms with E-state index in [-0.39, 0.29) is 1.43 Å². The molecule has 0 heterocycles. The van der Waals surface area contributed by atoms with E-state index in [9.17, 15) is 0 Å². The minimum Gasteiger partial charge on any atom is -0.493 e. The number of ether oxygens (including phenoxy) is 2. The lowest BCUT2D eigenvalue weighted by molar-refractivity contribution is 0.354. The average Bonchev–Trinajstić information content (AvgIpc) is 2.26. The number of nitrogens with one attached hydrogen (secondary N) is 1. The standard InChI is InChI=1S/C11H17NO2.H2/c1-8(12-2)9-5-6-10(13-3)11(7-9)14-4;/h5-8,12H,1-4H3;1H. The third kappa shape index (κ3) is 2.17. The van der Waals surface area contributed by atoms with Gasteiger partial charge < -0.3 is 14.8 Å². The number of hydrogen-bond acceptors (Lipinski definition) is 3. The van der Waals surface area contributed by atoms with Crippen molar-refractivity contribution in [2.45, 2.75) is 13.0 Å². The van der Waals surface area contributed by atoms with Gasteiger partial charge in [0.25, 0.3) is 0 Å². The molecule has 3 nitrogen and oxygen atoms in total. The monoisotopic (exact) mass is 197 g/mol. The first kappa shape index (κ1) is 10.9. The van der Waals surface area contributed by atoms with Crippen LogP contribution in [0.1, 0.15) is 20.0 Å². The van der Waals surface area contributed by atoms with E-state index in [2.05, 4.69) is 12.2 Å². The number of rotatable bonds is 4. The summed E-state index contributed by atoms with van der Waals surface area (Å²) < 4.78 is 10.4. The van der Waals surface area contributed by atoms with Crippen LogP contribution in [0.15, 0.2) is 18.2 Å². The van der Waals surface area contributed by atoms with Crippen LogP contribution >= 0.6 is 0 Å². The van der Waals surface area contributed by atoms with Gasteiger partial charge in [0.2, 0.25) is 0 Å². The van der Waals surface area contributed by atoms with Crippen molar-refractivity contribution < 1.29 is 10.9 Å². The zero-order valence-corrected chi connectivity index (χ0v) is 9.13. The summed E-state index contributed by atoms with van der Waals surface area (Å²) in [5.41, 5.74) is 1.19. The molecule has 0 radical (unpaired) electrons. The van der Waals surface area contributed by atoms with Gasteiger partial charge in [-0.05, 0) is 31.7 Å². The molecule has 3 heteroatoms. The molecular formula is C11H19NO2. The first-order valence-electron chi connectivity index (χ1n) is 4.62. The van der Waals surface area contributed by atoms with Crippen molar-refractivity contribution in [1.29, 1.82) is 0 Å². The predicted molar refractivity (Wildman–Crippen MR) is 59.1 cm³/mol. The van der Waals surface area contributed by atoms with Crippen LogP contribution in [0.2, 0.25) is 0 Å². The first-order valence-corrected chi connectivity index (χ1v) is 4.62. The second-order valence-electron chi connectivity index (χ2n) is 3.12. The molecule has 80 valence electrons. The SMILES string of the molecule is CNC(C)c1ccc(OC)c(OC)c1.[HH]. The van der Waals surface area contributed by atoms with Gasteiger partial charge in [-0.2, -0.15) is 0 Å². The molecule has 0 amide bonds. The molecule has 0 aliphatic carbocycles. The van der Waals surface area contributed by atoms with Gasteiger partial charge in [0, 0.05) is 7.47 Å². The van der Waals surface area contributed by atoms with Gasteiger partial charge in [-0.1, -0.05) is 6.07 Å². The molecule has 14 heavy (non-hydrogen) atoms. The summed E-state index contributed by atoms with van der Waals surface area (Å²) in [5, 5.41) is 3.17. The van der Waals surface area contributed by atoms with E-state index in [1.807, 2.05) is 25.2 Å². The Hall–Kier alpha value is -1.22. The smallest absolute Gasteiger partial charge is 0.161 e. The summed E-state index contributed by atoms with van der Waals surface area (Å²) in [5.74, 6) is 1.53. The van der Waals surface area contributed by atoms with Crippen molar-refractivity contribution in [2.75, 3.05) is 21.3 Å². The van der Waals surface area contributed by atoms with Crippen LogP contribution in [0.4, 0.5) is 0 Å².